The maximum atomic E-state index is 12.5. The molecule has 0 fully saturated rings. The lowest BCUT2D eigenvalue weighted by Gasteiger charge is -2.12. The molecule has 2 aromatic rings. The van der Waals surface area contributed by atoms with Crippen LogP contribution in [0.15, 0.2) is 42.5 Å². The number of allylic oxidation sites excluding steroid dienone is 1. The first-order valence-electron chi connectivity index (χ1n) is 7.04. The summed E-state index contributed by atoms with van der Waals surface area (Å²) < 4.78 is 10.6. The van der Waals surface area contributed by atoms with Gasteiger partial charge in [0.2, 0.25) is 0 Å². The SMILES string of the molecule is COc1cc(C)cc(OC)c1C(=O)/C=C/c1cccc(C#N)c1. The monoisotopic (exact) mass is 307 g/mol. The van der Waals surface area contributed by atoms with Crippen molar-refractivity contribution in [2.24, 2.45) is 0 Å². The van der Waals surface area contributed by atoms with Gasteiger partial charge in [0.1, 0.15) is 17.1 Å². The molecule has 0 aliphatic heterocycles. The van der Waals surface area contributed by atoms with E-state index in [9.17, 15) is 4.79 Å². The minimum atomic E-state index is -0.221. The van der Waals surface area contributed by atoms with Gasteiger partial charge in [-0.3, -0.25) is 4.79 Å². The predicted octanol–water partition coefficient (Wildman–Crippen LogP) is 3.78. The Bertz CT molecular complexity index is 775. The Labute approximate surface area is 135 Å². The molecule has 23 heavy (non-hydrogen) atoms. The fraction of sp³-hybridized carbons (Fsp3) is 0.158. The lowest BCUT2D eigenvalue weighted by molar-refractivity contribution is 0.104. The molecule has 4 heteroatoms. The van der Waals surface area contributed by atoms with Crippen LogP contribution in [0.2, 0.25) is 0 Å². The van der Waals surface area contributed by atoms with Crippen LogP contribution < -0.4 is 9.47 Å². The van der Waals surface area contributed by atoms with E-state index in [4.69, 9.17) is 14.7 Å². The van der Waals surface area contributed by atoms with Gasteiger partial charge in [-0.05, 0) is 48.4 Å². The summed E-state index contributed by atoms with van der Waals surface area (Å²) in [6.45, 7) is 1.91. The van der Waals surface area contributed by atoms with Crippen LogP contribution in [0.25, 0.3) is 6.08 Å². The lowest BCUT2D eigenvalue weighted by atomic mass is 10.0. The van der Waals surface area contributed by atoms with Crippen molar-refractivity contribution < 1.29 is 14.3 Å². The number of carbonyl (C=O) groups is 1. The van der Waals surface area contributed by atoms with Crippen molar-refractivity contribution in [1.82, 2.24) is 0 Å². The van der Waals surface area contributed by atoms with E-state index in [0.29, 0.717) is 22.6 Å². The summed E-state index contributed by atoms with van der Waals surface area (Å²) in [6.07, 6.45) is 3.12. The fourth-order valence-corrected chi connectivity index (χ4v) is 2.25. The number of rotatable bonds is 5. The van der Waals surface area contributed by atoms with Crippen LogP contribution in [0.3, 0.4) is 0 Å². The zero-order chi connectivity index (χ0) is 16.8. The van der Waals surface area contributed by atoms with Gasteiger partial charge in [0.15, 0.2) is 5.78 Å². The number of aryl methyl sites for hydroxylation is 1. The largest absolute Gasteiger partial charge is 0.496 e. The van der Waals surface area contributed by atoms with Crippen LogP contribution in [-0.4, -0.2) is 20.0 Å². The highest BCUT2D eigenvalue weighted by molar-refractivity contribution is 6.10. The molecule has 0 spiro atoms. The molecule has 0 unspecified atom stereocenters. The van der Waals surface area contributed by atoms with E-state index in [1.807, 2.05) is 13.0 Å². The first-order chi connectivity index (χ1) is 11.1. The molecule has 0 radical (unpaired) electrons. The molecule has 0 aromatic heterocycles. The Hall–Kier alpha value is -3.06. The molecule has 2 rings (SSSR count). The predicted molar refractivity (Wildman–Crippen MR) is 88.8 cm³/mol. The third-order valence-corrected chi connectivity index (χ3v) is 3.34. The molecule has 0 N–H and O–H groups in total. The van der Waals surface area contributed by atoms with Crippen molar-refractivity contribution in [3.05, 3.63) is 64.7 Å². The number of methoxy groups -OCH3 is 2. The topological polar surface area (TPSA) is 59.3 Å². The van der Waals surface area contributed by atoms with Crippen LogP contribution in [0.1, 0.15) is 27.0 Å². The van der Waals surface area contributed by atoms with Gasteiger partial charge in [-0.15, -0.1) is 0 Å². The first kappa shape index (κ1) is 16.3. The third kappa shape index (κ3) is 3.78. The van der Waals surface area contributed by atoms with Gasteiger partial charge in [-0.1, -0.05) is 18.2 Å². The van der Waals surface area contributed by atoms with Crippen molar-refractivity contribution in [3.63, 3.8) is 0 Å². The van der Waals surface area contributed by atoms with Crippen molar-refractivity contribution in [2.45, 2.75) is 6.92 Å². The van der Waals surface area contributed by atoms with Gasteiger partial charge in [0.05, 0.1) is 25.9 Å². The van der Waals surface area contributed by atoms with E-state index >= 15 is 0 Å². The second-order valence-electron chi connectivity index (χ2n) is 4.98. The smallest absolute Gasteiger partial charge is 0.193 e. The molecule has 0 saturated carbocycles. The van der Waals surface area contributed by atoms with Crippen molar-refractivity contribution in [1.29, 1.82) is 5.26 Å². The maximum Gasteiger partial charge on any atom is 0.193 e. The van der Waals surface area contributed by atoms with E-state index < -0.39 is 0 Å². The minimum Gasteiger partial charge on any atom is -0.496 e. The molecule has 2 aromatic carbocycles. The summed E-state index contributed by atoms with van der Waals surface area (Å²) >= 11 is 0. The molecular weight excluding hydrogens is 290 g/mol. The highest BCUT2D eigenvalue weighted by Crippen LogP contribution is 2.31. The molecule has 0 aliphatic carbocycles. The zero-order valence-corrected chi connectivity index (χ0v) is 13.3. The summed E-state index contributed by atoms with van der Waals surface area (Å²) in [5.41, 5.74) is 2.65. The van der Waals surface area contributed by atoms with E-state index in [0.717, 1.165) is 11.1 Å². The van der Waals surface area contributed by atoms with Crippen LogP contribution in [0.4, 0.5) is 0 Å². The maximum absolute atomic E-state index is 12.5. The summed E-state index contributed by atoms with van der Waals surface area (Å²) in [7, 11) is 3.04. The fourth-order valence-electron chi connectivity index (χ4n) is 2.25. The number of nitrogens with zero attached hydrogens (tertiary/aromatic N) is 1. The Morgan fingerprint density at radius 1 is 1.13 bits per heavy atom. The number of benzene rings is 2. The van der Waals surface area contributed by atoms with Gasteiger partial charge in [0, 0.05) is 0 Å². The van der Waals surface area contributed by atoms with E-state index in [1.165, 1.54) is 20.3 Å². The van der Waals surface area contributed by atoms with Crippen molar-refractivity contribution >= 4 is 11.9 Å². The zero-order valence-electron chi connectivity index (χ0n) is 13.3. The van der Waals surface area contributed by atoms with Gasteiger partial charge < -0.3 is 9.47 Å². The third-order valence-electron chi connectivity index (χ3n) is 3.34. The Morgan fingerprint density at radius 2 is 1.78 bits per heavy atom. The van der Waals surface area contributed by atoms with E-state index in [1.54, 1.807) is 36.4 Å². The molecule has 0 amide bonds. The summed E-state index contributed by atoms with van der Waals surface area (Å²) in [6, 6.07) is 12.7. The molecule has 0 bridgehead atoms. The van der Waals surface area contributed by atoms with Gasteiger partial charge in [-0.2, -0.15) is 5.26 Å². The second-order valence-corrected chi connectivity index (χ2v) is 4.98. The summed E-state index contributed by atoms with van der Waals surface area (Å²) in [4.78, 5) is 12.5. The number of hydrogen-bond donors (Lipinski definition) is 0. The molecule has 116 valence electrons. The number of ketones is 1. The Morgan fingerprint density at radius 3 is 2.35 bits per heavy atom. The Kier molecular flexibility index (Phi) is 5.16. The average molecular weight is 307 g/mol. The highest BCUT2D eigenvalue weighted by Gasteiger charge is 2.17. The minimum absolute atomic E-state index is 0.221. The highest BCUT2D eigenvalue weighted by atomic mass is 16.5. The Balaban J connectivity index is 2.37. The van der Waals surface area contributed by atoms with Crippen LogP contribution >= 0.6 is 0 Å². The quantitative estimate of drug-likeness (QED) is 0.623. The molecular formula is C19H17NO3. The van der Waals surface area contributed by atoms with Gasteiger partial charge in [-0.25, -0.2) is 0 Å². The number of hydrogen-bond acceptors (Lipinski definition) is 4. The molecule has 0 heterocycles. The van der Waals surface area contributed by atoms with Crippen molar-refractivity contribution in [3.8, 4) is 17.6 Å². The van der Waals surface area contributed by atoms with Gasteiger partial charge in [0.25, 0.3) is 0 Å². The summed E-state index contributed by atoms with van der Waals surface area (Å²) in [5.74, 6) is 0.727. The van der Waals surface area contributed by atoms with Crippen LogP contribution in [0.5, 0.6) is 11.5 Å². The summed E-state index contributed by atoms with van der Waals surface area (Å²) in [5, 5.41) is 8.91. The van der Waals surface area contributed by atoms with Crippen molar-refractivity contribution in [2.75, 3.05) is 14.2 Å². The first-order valence-corrected chi connectivity index (χ1v) is 7.04. The van der Waals surface area contributed by atoms with Crippen LogP contribution in [-0.2, 0) is 0 Å². The number of carbonyl (C=O) groups excluding carboxylic acids is 1. The van der Waals surface area contributed by atoms with Gasteiger partial charge >= 0.3 is 0 Å². The van der Waals surface area contributed by atoms with E-state index in [2.05, 4.69) is 6.07 Å². The number of nitriles is 1. The molecule has 0 aliphatic rings. The number of ether oxygens (including phenoxy) is 2. The van der Waals surface area contributed by atoms with E-state index in [-0.39, 0.29) is 5.78 Å². The van der Waals surface area contributed by atoms with Crippen LogP contribution in [0, 0.1) is 18.3 Å². The molecule has 0 atom stereocenters. The molecule has 4 nitrogen and oxygen atoms in total. The molecule has 0 saturated heterocycles. The average Bonchev–Trinajstić information content (AvgIpc) is 2.58. The second kappa shape index (κ2) is 7.28. The normalized spacial score (nSPS) is 10.3. The lowest BCUT2D eigenvalue weighted by Crippen LogP contribution is -2.03. The standard InChI is InChI=1S/C19H17NO3/c1-13-9-17(22-2)19(18(10-13)23-3)16(21)8-7-14-5-4-6-15(11-14)12-20/h4-11H,1-3H3/b8-7+.